The van der Waals surface area contributed by atoms with Crippen LogP contribution in [-0.2, 0) is 19.9 Å². The van der Waals surface area contributed by atoms with Gasteiger partial charge < -0.3 is 19.3 Å². The summed E-state index contributed by atoms with van der Waals surface area (Å²) in [7, 11) is 3.05. The van der Waals surface area contributed by atoms with Crippen molar-refractivity contribution in [2.24, 2.45) is 11.8 Å². The second-order valence-electron chi connectivity index (χ2n) is 9.45. The highest BCUT2D eigenvalue weighted by Crippen LogP contribution is 2.54. The van der Waals surface area contributed by atoms with Crippen molar-refractivity contribution < 1.29 is 28.8 Å². The molecular weight excluding hydrogens is 434 g/mol. The molecule has 5 atom stereocenters. The van der Waals surface area contributed by atoms with Crippen molar-refractivity contribution in [1.82, 2.24) is 0 Å². The van der Waals surface area contributed by atoms with Crippen LogP contribution in [0.2, 0.25) is 0 Å². The second kappa shape index (κ2) is 7.30. The molecule has 0 aliphatic carbocycles. The first-order valence-corrected chi connectivity index (χ1v) is 11.9. The quantitative estimate of drug-likeness (QED) is 0.690. The Bertz CT molecular complexity index is 1230. The van der Waals surface area contributed by atoms with E-state index in [0.29, 0.717) is 23.7 Å². The molecule has 3 fully saturated rings. The van der Waals surface area contributed by atoms with Gasteiger partial charge in [-0.1, -0.05) is 18.2 Å². The molecule has 2 aromatic rings. The fraction of sp³-hybridized carbons (Fsp3) is 0.423. The molecule has 4 heterocycles. The highest BCUT2D eigenvalue weighted by Gasteiger charge is 2.79. The van der Waals surface area contributed by atoms with E-state index in [-0.39, 0.29) is 23.8 Å². The summed E-state index contributed by atoms with van der Waals surface area (Å²) < 4.78 is 10.8. The van der Waals surface area contributed by atoms with Crippen LogP contribution in [0.15, 0.2) is 42.5 Å². The maximum Gasteiger partial charge on any atom is 0.294 e. The molecule has 3 amide bonds. The molecule has 6 rings (SSSR count). The van der Waals surface area contributed by atoms with E-state index in [1.165, 1.54) is 12.0 Å². The van der Waals surface area contributed by atoms with E-state index < -0.39 is 17.4 Å². The van der Waals surface area contributed by atoms with Crippen molar-refractivity contribution in [3.05, 3.63) is 48.0 Å². The molecule has 0 radical (unpaired) electrons. The van der Waals surface area contributed by atoms with Crippen molar-refractivity contribution in [3.63, 3.8) is 0 Å². The minimum absolute atomic E-state index is 0.0599. The Morgan fingerprint density at radius 3 is 2.56 bits per heavy atom. The number of fused-ring (bicyclic) bond motifs is 7. The second-order valence-corrected chi connectivity index (χ2v) is 9.45. The SMILES string of the molecule is CCN1C(=O)[C@@]2(c3ccccc31)[C@@H]1C(=O)N(c3ccc(OC)cc3OC)C(=O)[C@@H]1[C@@H]1CCC[NH+]12. The first-order chi connectivity index (χ1) is 16.5. The monoisotopic (exact) mass is 462 g/mol. The predicted molar refractivity (Wildman–Crippen MR) is 124 cm³/mol. The van der Waals surface area contributed by atoms with E-state index in [1.807, 2.05) is 31.2 Å². The van der Waals surface area contributed by atoms with E-state index in [4.69, 9.17) is 9.47 Å². The van der Waals surface area contributed by atoms with Gasteiger partial charge in [-0.3, -0.25) is 14.4 Å². The summed E-state index contributed by atoms with van der Waals surface area (Å²) in [6.07, 6.45) is 1.76. The molecule has 8 heteroatoms. The van der Waals surface area contributed by atoms with Crippen LogP contribution >= 0.6 is 0 Å². The molecule has 0 aromatic heterocycles. The number of methoxy groups -OCH3 is 2. The van der Waals surface area contributed by atoms with Gasteiger partial charge in [0, 0.05) is 31.0 Å². The van der Waals surface area contributed by atoms with Gasteiger partial charge in [0.15, 0.2) is 0 Å². The van der Waals surface area contributed by atoms with E-state index in [0.717, 1.165) is 35.5 Å². The van der Waals surface area contributed by atoms with Crippen LogP contribution in [0.1, 0.15) is 25.3 Å². The third-order valence-electron chi connectivity index (χ3n) is 8.31. The van der Waals surface area contributed by atoms with E-state index in [1.54, 1.807) is 30.2 Å². The third-order valence-corrected chi connectivity index (χ3v) is 8.31. The van der Waals surface area contributed by atoms with Gasteiger partial charge in [0.1, 0.15) is 29.4 Å². The summed E-state index contributed by atoms with van der Waals surface area (Å²) in [6.45, 7) is 3.25. The smallest absolute Gasteiger partial charge is 0.294 e. The number of nitrogens with zero attached hydrogens (tertiary/aromatic N) is 2. The maximum atomic E-state index is 14.2. The van der Waals surface area contributed by atoms with Crippen LogP contribution in [0.5, 0.6) is 11.5 Å². The Labute approximate surface area is 198 Å². The number of imide groups is 1. The molecule has 2 aromatic carbocycles. The van der Waals surface area contributed by atoms with Gasteiger partial charge in [-0.15, -0.1) is 0 Å². The molecule has 34 heavy (non-hydrogen) atoms. The summed E-state index contributed by atoms with van der Waals surface area (Å²) in [4.78, 5) is 46.5. The summed E-state index contributed by atoms with van der Waals surface area (Å²) >= 11 is 0. The first-order valence-electron chi connectivity index (χ1n) is 11.9. The molecule has 1 spiro atoms. The Morgan fingerprint density at radius 1 is 1.03 bits per heavy atom. The topological polar surface area (TPSA) is 80.6 Å². The van der Waals surface area contributed by atoms with Crippen LogP contribution in [0, 0.1) is 11.8 Å². The number of carbonyl (C=O) groups is 3. The van der Waals surface area contributed by atoms with Crippen molar-refractivity contribution in [2.45, 2.75) is 31.3 Å². The lowest BCUT2D eigenvalue weighted by atomic mass is 9.75. The number of amides is 3. The number of rotatable bonds is 4. The molecular formula is C26H28N3O5+. The van der Waals surface area contributed by atoms with Crippen LogP contribution in [-0.4, -0.2) is 51.1 Å². The maximum absolute atomic E-state index is 14.2. The number of ether oxygens (including phenoxy) is 2. The van der Waals surface area contributed by atoms with Gasteiger partial charge in [-0.25, -0.2) is 4.90 Å². The standard InChI is InChI=1S/C26H27N3O5/c1-4-27-17-9-6-5-8-16(17)26(25(27)32)22-21(19-10-7-13-28(19)26)23(30)29(24(22)31)18-12-11-15(33-2)14-20(18)34-3/h5-6,8-9,11-12,14,19,21-22H,4,7,10,13H2,1-3H3/p+1/t19-,21+,22-,26+/m0/s1. The van der Waals surface area contributed by atoms with E-state index in [2.05, 4.69) is 0 Å². The zero-order chi connectivity index (χ0) is 23.8. The molecule has 8 nitrogen and oxygen atoms in total. The van der Waals surface area contributed by atoms with Gasteiger partial charge in [0.25, 0.3) is 5.91 Å². The molecule has 0 bridgehead atoms. The lowest BCUT2D eigenvalue weighted by Crippen LogP contribution is -3.20. The van der Waals surface area contributed by atoms with Crippen molar-refractivity contribution in [3.8, 4) is 11.5 Å². The summed E-state index contributed by atoms with van der Waals surface area (Å²) in [5, 5.41) is 0. The Kier molecular flexibility index (Phi) is 4.55. The average molecular weight is 463 g/mol. The Balaban J connectivity index is 1.55. The largest absolute Gasteiger partial charge is 0.497 e. The molecule has 1 N–H and O–H groups in total. The number of para-hydroxylation sites is 1. The first kappa shape index (κ1) is 21.2. The number of likely N-dealkylation sites (N-methyl/N-ethyl adjacent to an activating group) is 1. The number of hydrogen-bond donors (Lipinski definition) is 1. The predicted octanol–water partition coefficient (Wildman–Crippen LogP) is 1.13. The summed E-state index contributed by atoms with van der Waals surface area (Å²) in [6, 6.07) is 12.8. The molecule has 4 aliphatic rings. The molecule has 0 saturated carbocycles. The zero-order valence-electron chi connectivity index (χ0n) is 19.5. The zero-order valence-corrected chi connectivity index (χ0v) is 19.5. The van der Waals surface area contributed by atoms with Crippen LogP contribution < -0.4 is 24.2 Å². The normalized spacial score (nSPS) is 31.3. The Hall–Kier alpha value is -3.39. The number of quaternary nitrogens is 1. The highest BCUT2D eigenvalue weighted by molar-refractivity contribution is 6.26. The third kappa shape index (κ3) is 2.34. The van der Waals surface area contributed by atoms with E-state index >= 15 is 0 Å². The number of carbonyl (C=O) groups excluding carboxylic acids is 3. The summed E-state index contributed by atoms with van der Waals surface area (Å²) in [5.41, 5.74) is 1.06. The number of hydrogen-bond acceptors (Lipinski definition) is 5. The lowest BCUT2D eigenvalue weighted by Gasteiger charge is -2.34. The van der Waals surface area contributed by atoms with Crippen molar-refractivity contribution in [1.29, 1.82) is 0 Å². The highest BCUT2D eigenvalue weighted by atomic mass is 16.5. The van der Waals surface area contributed by atoms with Crippen molar-refractivity contribution >= 4 is 29.1 Å². The Morgan fingerprint density at radius 2 is 1.82 bits per heavy atom. The number of benzene rings is 2. The molecule has 176 valence electrons. The van der Waals surface area contributed by atoms with Gasteiger partial charge in [-0.05, 0) is 25.1 Å². The lowest BCUT2D eigenvalue weighted by molar-refractivity contribution is -0.948. The van der Waals surface area contributed by atoms with Gasteiger partial charge >= 0.3 is 0 Å². The van der Waals surface area contributed by atoms with E-state index in [9.17, 15) is 14.4 Å². The molecule has 1 unspecified atom stereocenters. The minimum Gasteiger partial charge on any atom is -0.497 e. The van der Waals surface area contributed by atoms with Gasteiger partial charge in [-0.2, -0.15) is 0 Å². The van der Waals surface area contributed by atoms with Gasteiger partial charge in [0.2, 0.25) is 17.4 Å². The van der Waals surface area contributed by atoms with Crippen molar-refractivity contribution in [2.75, 3.05) is 37.1 Å². The fourth-order valence-corrected chi connectivity index (χ4v) is 7.12. The number of nitrogens with one attached hydrogen (secondary N) is 1. The number of anilines is 2. The minimum atomic E-state index is -1.07. The van der Waals surface area contributed by atoms with Crippen LogP contribution in [0.25, 0.3) is 0 Å². The van der Waals surface area contributed by atoms with Crippen LogP contribution in [0.3, 0.4) is 0 Å². The fourth-order valence-electron chi connectivity index (χ4n) is 7.12. The van der Waals surface area contributed by atoms with Gasteiger partial charge in [0.05, 0.1) is 32.1 Å². The van der Waals surface area contributed by atoms with Crippen LogP contribution in [0.4, 0.5) is 11.4 Å². The molecule has 3 saturated heterocycles. The average Bonchev–Trinajstić information content (AvgIpc) is 3.56. The molecule has 4 aliphatic heterocycles. The summed E-state index contributed by atoms with van der Waals surface area (Å²) in [5.74, 6) is -0.931.